The smallest absolute Gasteiger partial charge is 0.192 e. The van der Waals surface area contributed by atoms with Gasteiger partial charge in [-0.15, -0.1) is 0 Å². The number of fused-ring (bicyclic) bond motifs is 4. The number of nitrogens with zero attached hydrogens (tertiary/aromatic N) is 4. The van der Waals surface area contributed by atoms with Gasteiger partial charge in [-0.2, -0.15) is 0 Å². The van der Waals surface area contributed by atoms with Crippen LogP contribution in [0.4, 0.5) is 0 Å². The Balaban J connectivity index is 1.49. The quantitative estimate of drug-likeness (QED) is 0.181. The van der Waals surface area contributed by atoms with Crippen LogP contribution >= 0.6 is 0 Å². The van der Waals surface area contributed by atoms with Gasteiger partial charge < -0.3 is 18.9 Å². The van der Waals surface area contributed by atoms with Crippen LogP contribution in [-0.2, 0) is 18.9 Å². The molecule has 5 aliphatic heterocycles. The zero-order valence-corrected chi connectivity index (χ0v) is 31.3. The van der Waals surface area contributed by atoms with Crippen molar-refractivity contribution in [3.05, 3.63) is 214 Å². The molecule has 5 aliphatic rings. The molecule has 8 nitrogen and oxygen atoms in total. The molecule has 0 radical (unpaired) electrons. The summed E-state index contributed by atoms with van der Waals surface area (Å²) < 4.78 is 24.5. The summed E-state index contributed by atoms with van der Waals surface area (Å²) in [5, 5.41) is 0. The van der Waals surface area contributed by atoms with Crippen molar-refractivity contribution in [3.63, 3.8) is 0 Å². The molecule has 272 valence electrons. The number of hydrogen-bond donors (Lipinski definition) is 0. The zero-order chi connectivity index (χ0) is 38.2. The fraction of sp³-hybridized carbons (Fsp3) is 0.0833. The maximum Gasteiger partial charge on any atom is 0.192 e. The Bertz CT molecular complexity index is 2670. The number of methoxy groups -OCH3 is 4. The van der Waals surface area contributed by atoms with E-state index < -0.39 is 0 Å². The SMILES string of the molecule is COC1=C2N=C(C=C3C=CC(=N3)C=C3N=C(C(c4ccccc4)=C4N=C1C(OC)=C4c1ccccc1)C(c1ccccc1)=C3c1ccccc1)C(OC)=C2OC. The highest BCUT2D eigenvalue weighted by atomic mass is 16.5. The van der Waals surface area contributed by atoms with Crippen molar-refractivity contribution in [2.75, 3.05) is 28.4 Å². The lowest BCUT2D eigenvalue weighted by Crippen LogP contribution is -2.12. The average Bonchev–Trinajstić information content (AvgIpc) is 4.03. The van der Waals surface area contributed by atoms with E-state index in [0.29, 0.717) is 51.6 Å². The van der Waals surface area contributed by atoms with Gasteiger partial charge in [0.05, 0.1) is 62.5 Å². The highest BCUT2D eigenvalue weighted by Gasteiger charge is 2.39. The van der Waals surface area contributed by atoms with Crippen LogP contribution in [0.3, 0.4) is 0 Å². The van der Waals surface area contributed by atoms with Gasteiger partial charge in [-0.05, 0) is 46.6 Å². The minimum Gasteiger partial charge on any atom is -0.494 e. The number of benzene rings is 4. The van der Waals surface area contributed by atoms with Crippen LogP contribution < -0.4 is 0 Å². The minimum absolute atomic E-state index is 0.355. The number of ether oxygens (including phenoxy) is 4. The third-order valence-corrected chi connectivity index (χ3v) is 9.99. The van der Waals surface area contributed by atoms with Crippen molar-refractivity contribution in [1.29, 1.82) is 0 Å². The van der Waals surface area contributed by atoms with Crippen LogP contribution in [0.2, 0.25) is 0 Å². The van der Waals surface area contributed by atoms with E-state index in [2.05, 4.69) is 72.8 Å². The van der Waals surface area contributed by atoms with Gasteiger partial charge in [-0.3, -0.25) is 0 Å². The minimum atomic E-state index is 0.355. The first-order valence-electron chi connectivity index (χ1n) is 18.2. The van der Waals surface area contributed by atoms with Crippen LogP contribution in [0.1, 0.15) is 22.3 Å². The summed E-state index contributed by atoms with van der Waals surface area (Å²) >= 11 is 0. The molecule has 9 rings (SSSR count). The van der Waals surface area contributed by atoms with E-state index in [4.69, 9.17) is 38.9 Å². The second-order valence-corrected chi connectivity index (χ2v) is 13.2. The summed E-state index contributed by atoms with van der Waals surface area (Å²) in [6.07, 6.45) is 7.86. The molecule has 4 aromatic rings. The first-order chi connectivity index (χ1) is 27.6. The second kappa shape index (κ2) is 14.5. The fourth-order valence-electron chi connectivity index (χ4n) is 7.61. The van der Waals surface area contributed by atoms with Crippen molar-refractivity contribution in [2.45, 2.75) is 0 Å². The average molecular weight is 733 g/mol. The third-order valence-electron chi connectivity index (χ3n) is 9.99. The van der Waals surface area contributed by atoms with Crippen molar-refractivity contribution >= 4 is 45.1 Å². The first kappa shape index (κ1) is 34.4. The molecule has 56 heavy (non-hydrogen) atoms. The Kier molecular flexibility index (Phi) is 8.91. The third kappa shape index (κ3) is 5.79. The lowest BCUT2D eigenvalue weighted by Gasteiger charge is -2.17. The van der Waals surface area contributed by atoms with Crippen LogP contribution in [0, 0.1) is 0 Å². The summed E-state index contributed by atoms with van der Waals surface area (Å²) in [6, 6.07) is 41.2. The van der Waals surface area contributed by atoms with E-state index in [-0.39, 0.29) is 0 Å². The molecule has 0 atom stereocenters. The summed E-state index contributed by atoms with van der Waals surface area (Å²) in [5.74, 6) is 1.72. The first-order valence-corrected chi connectivity index (χ1v) is 18.2. The molecule has 4 aromatic carbocycles. The molecule has 0 N–H and O–H groups in total. The van der Waals surface area contributed by atoms with Crippen molar-refractivity contribution < 1.29 is 18.9 Å². The molecule has 0 unspecified atom stereocenters. The molecule has 0 fully saturated rings. The molecular weight excluding hydrogens is 697 g/mol. The molecule has 0 saturated heterocycles. The highest BCUT2D eigenvalue weighted by molar-refractivity contribution is 6.52. The largest absolute Gasteiger partial charge is 0.494 e. The Morgan fingerprint density at radius 2 is 0.893 bits per heavy atom. The van der Waals surface area contributed by atoms with Crippen LogP contribution in [-0.4, -0.2) is 51.3 Å². The van der Waals surface area contributed by atoms with E-state index in [0.717, 1.165) is 61.7 Å². The molecular formula is C48H36N4O4. The number of aliphatic imine (C=N–C) groups is 4. The van der Waals surface area contributed by atoms with Gasteiger partial charge in [0.2, 0.25) is 0 Å². The van der Waals surface area contributed by atoms with Crippen LogP contribution in [0.5, 0.6) is 0 Å². The molecule has 0 amide bonds. The van der Waals surface area contributed by atoms with Gasteiger partial charge >= 0.3 is 0 Å². The van der Waals surface area contributed by atoms with Gasteiger partial charge in [0.15, 0.2) is 34.4 Å². The summed E-state index contributed by atoms with van der Waals surface area (Å²) in [4.78, 5) is 21.2. The van der Waals surface area contributed by atoms with Gasteiger partial charge in [-0.25, -0.2) is 20.0 Å². The number of rotatable bonds is 8. The number of allylic oxidation sites excluding steroid dienone is 8. The molecule has 8 heteroatoms. The molecule has 0 aliphatic carbocycles. The molecule has 5 heterocycles. The van der Waals surface area contributed by atoms with E-state index in [1.807, 2.05) is 72.8 Å². The van der Waals surface area contributed by atoms with Crippen molar-refractivity contribution in [1.82, 2.24) is 0 Å². The predicted octanol–water partition coefficient (Wildman–Crippen LogP) is 9.58. The summed E-state index contributed by atoms with van der Waals surface area (Å²) in [7, 11) is 6.43. The number of hydrogen-bond acceptors (Lipinski definition) is 8. The van der Waals surface area contributed by atoms with Crippen LogP contribution in [0.25, 0.3) is 22.3 Å². The van der Waals surface area contributed by atoms with Crippen molar-refractivity contribution in [3.8, 4) is 0 Å². The fourth-order valence-corrected chi connectivity index (χ4v) is 7.61. The topological polar surface area (TPSA) is 86.4 Å². The normalized spacial score (nSPS) is 17.5. The van der Waals surface area contributed by atoms with E-state index >= 15 is 0 Å². The lowest BCUT2D eigenvalue weighted by atomic mass is 9.85. The Morgan fingerprint density at radius 1 is 0.375 bits per heavy atom. The van der Waals surface area contributed by atoms with Crippen molar-refractivity contribution in [2.24, 2.45) is 20.0 Å². The van der Waals surface area contributed by atoms with E-state index in [1.165, 1.54) is 0 Å². The summed E-state index contributed by atoms with van der Waals surface area (Å²) in [6.45, 7) is 0. The molecule has 8 bridgehead atoms. The molecule has 0 aromatic heterocycles. The van der Waals surface area contributed by atoms with Gasteiger partial charge in [-0.1, -0.05) is 121 Å². The Hall–Kier alpha value is -7.32. The maximum absolute atomic E-state index is 6.36. The molecule has 0 spiro atoms. The predicted molar refractivity (Wildman–Crippen MR) is 224 cm³/mol. The highest BCUT2D eigenvalue weighted by Crippen LogP contribution is 2.48. The lowest BCUT2D eigenvalue weighted by molar-refractivity contribution is 0.240. The standard InChI is InChI=1S/C48H36N4O4/c1-53-45-36-28-34-26-25-33(49-34)27-35-37(29-17-9-5-10-18-29)38(30-19-11-6-12-20-30)41(50-35)39(31-21-13-7-14-22-31)42-40(32-23-15-8-16-24-32)46(54-2)43(52-42)47(55-3)44(51-36)48(45)56-4/h5-28H,1-4H3. The van der Waals surface area contributed by atoms with E-state index in [1.54, 1.807) is 28.4 Å². The van der Waals surface area contributed by atoms with Crippen LogP contribution in [0.15, 0.2) is 211 Å². The second-order valence-electron chi connectivity index (χ2n) is 13.2. The monoisotopic (exact) mass is 732 g/mol. The van der Waals surface area contributed by atoms with Gasteiger partial charge in [0.1, 0.15) is 5.71 Å². The Morgan fingerprint density at radius 3 is 1.45 bits per heavy atom. The van der Waals surface area contributed by atoms with Gasteiger partial charge in [0, 0.05) is 16.7 Å². The summed E-state index contributed by atoms with van der Waals surface area (Å²) in [5.41, 5.74) is 12.4. The molecule has 0 saturated carbocycles. The van der Waals surface area contributed by atoms with Gasteiger partial charge in [0.25, 0.3) is 0 Å². The Labute approximate surface area is 325 Å². The van der Waals surface area contributed by atoms with E-state index in [9.17, 15) is 0 Å². The maximum atomic E-state index is 6.36. The zero-order valence-electron chi connectivity index (χ0n) is 31.3.